The fourth-order valence-electron chi connectivity index (χ4n) is 3.83. The van der Waals surface area contributed by atoms with Crippen LogP contribution in [0, 0.1) is 0 Å². The zero-order valence-corrected chi connectivity index (χ0v) is 17.5. The lowest BCUT2D eigenvalue weighted by atomic mass is 9.96. The molecule has 154 valence electrons. The van der Waals surface area contributed by atoms with Crippen LogP contribution in [-0.4, -0.2) is 38.0 Å². The fourth-order valence-corrected chi connectivity index (χ4v) is 3.83. The van der Waals surface area contributed by atoms with Gasteiger partial charge in [-0.3, -0.25) is 4.79 Å². The molecule has 3 aromatic carbocycles. The van der Waals surface area contributed by atoms with Crippen molar-refractivity contribution in [3.05, 3.63) is 65.7 Å². The second kappa shape index (κ2) is 8.06. The van der Waals surface area contributed by atoms with Crippen molar-refractivity contribution in [2.24, 2.45) is 5.10 Å². The number of benzene rings is 3. The van der Waals surface area contributed by atoms with Crippen molar-refractivity contribution in [3.63, 3.8) is 0 Å². The van der Waals surface area contributed by atoms with Crippen LogP contribution < -0.4 is 14.2 Å². The van der Waals surface area contributed by atoms with E-state index in [-0.39, 0.29) is 11.9 Å². The molecule has 1 amide bonds. The minimum atomic E-state index is -0.191. The molecule has 1 heterocycles. The quantitative estimate of drug-likeness (QED) is 0.625. The van der Waals surface area contributed by atoms with E-state index in [0.717, 1.165) is 33.4 Å². The second-order valence-electron chi connectivity index (χ2n) is 7.17. The summed E-state index contributed by atoms with van der Waals surface area (Å²) in [5.41, 5.74) is 2.83. The summed E-state index contributed by atoms with van der Waals surface area (Å²) in [5.74, 6) is 2.01. The first-order valence-corrected chi connectivity index (χ1v) is 9.71. The zero-order chi connectivity index (χ0) is 21.3. The highest BCUT2D eigenvalue weighted by molar-refractivity contribution is 6.05. The predicted molar refractivity (Wildman–Crippen MR) is 116 cm³/mol. The molecule has 0 saturated carbocycles. The topological polar surface area (TPSA) is 60.4 Å². The van der Waals surface area contributed by atoms with Crippen LogP contribution in [0.15, 0.2) is 59.7 Å². The van der Waals surface area contributed by atoms with Gasteiger partial charge in [0.1, 0.15) is 5.75 Å². The lowest BCUT2D eigenvalue weighted by Gasteiger charge is -2.21. The van der Waals surface area contributed by atoms with Crippen molar-refractivity contribution in [3.8, 4) is 17.2 Å². The molecule has 4 rings (SSSR count). The molecule has 0 saturated heterocycles. The van der Waals surface area contributed by atoms with Gasteiger partial charge in [0.25, 0.3) is 0 Å². The van der Waals surface area contributed by atoms with Gasteiger partial charge in [0.15, 0.2) is 11.5 Å². The number of fused-ring (bicyclic) bond motifs is 1. The minimum absolute atomic E-state index is 0.102. The van der Waals surface area contributed by atoms with E-state index in [4.69, 9.17) is 14.2 Å². The van der Waals surface area contributed by atoms with Crippen molar-refractivity contribution in [2.45, 2.75) is 19.4 Å². The van der Waals surface area contributed by atoms with Crippen LogP contribution in [0.2, 0.25) is 0 Å². The average Bonchev–Trinajstić information content (AvgIpc) is 3.23. The van der Waals surface area contributed by atoms with E-state index in [9.17, 15) is 4.79 Å². The number of ether oxygens (including phenoxy) is 3. The fraction of sp³-hybridized carbons (Fsp3) is 0.250. The van der Waals surface area contributed by atoms with Crippen LogP contribution in [0.5, 0.6) is 17.2 Å². The number of carbonyl (C=O) groups excluding carboxylic acids is 1. The van der Waals surface area contributed by atoms with Crippen LogP contribution >= 0.6 is 0 Å². The standard InChI is InChI=1S/C24H24N2O4/c1-15(27)26-22(19-8-10-23(29-3)24(13-19)30-4)14-21(25-26)18-6-5-17-12-20(28-2)9-7-16(17)11-18/h5-13,22H,14H2,1-4H3/t22-/m0/s1. The average molecular weight is 404 g/mol. The molecule has 1 atom stereocenters. The predicted octanol–water partition coefficient (Wildman–Crippen LogP) is 4.56. The third-order valence-electron chi connectivity index (χ3n) is 5.41. The smallest absolute Gasteiger partial charge is 0.240 e. The summed E-state index contributed by atoms with van der Waals surface area (Å²) in [7, 11) is 4.87. The Morgan fingerprint density at radius 3 is 2.33 bits per heavy atom. The largest absolute Gasteiger partial charge is 0.497 e. The Kier molecular flexibility index (Phi) is 5.31. The summed E-state index contributed by atoms with van der Waals surface area (Å²) in [6.07, 6.45) is 0.622. The third-order valence-corrected chi connectivity index (χ3v) is 5.41. The normalized spacial score (nSPS) is 15.8. The number of nitrogens with zero attached hydrogens (tertiary/aromatic N) is 2. The number of carbonyl (C=O) groups is 1. The van der Waals surface area contributed by atoms with Crippen molar-refractivity contribution >= 4 is 22.4 Å². The number of hydrogen-bond donors (Lipinski definition) is 0. The van der Waals surface area contributed by atoms with Gasteiger partial charge in [-0.1, -0.05) is 24.3 Å². The first-order valence-electron chi connectivity index (χ1n) is 9.71. The summed E-state index contributed by atoms with van der Waals surface area (Å²) in [6.45, 7) is 1.53. The summed E-state index contributed by atoms with van der Waals surface area (Å²) in [4.78, 5) is 12.3. The van der Waals surface area contributed by atoms with Crippen LogP contribution in [0.25, 0.3) is 10.8 Å². The van der Waals surface area contributed by atoms with E-state index < -0.39 is 0 Å². The van der Waals surface area contributed by atoms with Crippen molar-refractivity contribution in [2.75, 3.05) is 21.3 Å². The van der Waals surface area contributed by atoms with Gasteiger partial charge < -0.3 is 14.2 Å². The Morgan fingerprint density at radius 2 is 1.63 bits per heavy atom. The molecule has 0 fully saturated rings. The maximum Gasteiger partial charge on any atom is 0.240 e. The minimum Gasteiger partial charge on any atom is -0.497 e. The lowest BCUT2D eigenvalue weighted by molar-refractivity contribution is -0.130. The van der Waals surface area contributed by atoms with E-state index in [2.05, 4.69) is 17.2 Å². The van der Waals surface area contributed by atoms with Crippen LogP contribution in [0.3, 0.4) is 0 Å². The first kappa shape index (κ1) is 19.8. The van der Waals surface area contributed by atoms with Crippen molar-refractivity contribution < 1.29 is 19.0 Å². The van der Waals surface area contributed by atoms with Gasteiger partial charge in [-0.2, -0.15) is 5.10 Å². The van der Waals surface area contributed by atoms with Gasteiger partial charge >= 0.3 is 0 Å². The number of hydrazone groups is 1. The van der Waals surface area contributed by atoms with Gasteiger partial charge in [0, 0.05) is 13.3 Å². The Balaban J connectivity index is 1.68. The third kappa shape index (κ3) is 3.56. The molecule has 0 aliphatic carbocycles. The molecule has 0 unspecified atom stereocenters. The number of hydrogen-bond acceptors (Lipinski definition) is 5. The highest BCUT2D eigenvalue weighted by Crippen LogP contribution is 2.37. The molecule has 1 aliphatic rings. The summed E-state index contributed by atoms with van der Waals surface area (Å²) in [5, 5.41) is 8.40. The van der Waals surface area contributed by atoms with E-state index in [0.29, 0.717) is 17.9 Å². The molecule has 30 heavy (non-hydrogen) atoms. The Morgan fingerprint density at radius 1 is 0.900 bits per heavy atom. The second-order valence-corrected chi connectivity index (χ2v) is 7.17. The molecule has 1 aliphatic heterocycles. The monoisotopic (exact) mass is 404 g/mol. The Bertz CT molecular complexity index is 1140. The SMILES string of the molecule is COc1ccc2cc(C3=NN(C(C)=O)[C@H](c4ccc(OC)c(OC)c4)C3)ccc2c1. The van der Waals surface area contributed by atoms with Crippen LogP contribution in [0.1, 0.15) is 30.5 Å². The molecular formula is C24H24N2O4. The molecule has 0 N–H and O–H groups in total. The lowest BCUT2D eigenvalue weighted by Crippen LogP contribution is -2.24. The van der Waals surface area contributed by atoms with Crippen molar-refractivity contribution in [1.29, 1.82) is 0 Å². The Hall–Kier alpha value is -3.54. The highest BCUT2D eigenvalue weighted by atomic mass is 16.5. The first-order chi connectivity index (χ1) is 14.5. The Labute approximate surface area is 175 Å². The molecule has 6 nitrogen and oxygen atoms in total. The number of rotatable bonds is 5. The summed E-state index contributed by atoms with van der Waals surface area (Å²) in [6, 6.07) is 17.7. The zero-order valence-electron chi connectivity index (χ0n) is 17.5. The van der Waals surface area contributed by atoms with E-state index >= 15 is 0 Å². The summed E-state index contributed by atoms with van der Waals surface area (Å²) >= 11 is 0. The van der Waals surface area contributed by atoms with Gasteiger partial charge in [-0.15, -0.1) is 0 Å². The molecule has 3 aromatic rings. The van der Waals surface area contributed by atoms with Gasteiger partial charge in [0.2, 0.25) is 5.91 Å². The molecule has 0 bridgehead atoms. The molecular weight excluding hydrogens is 380 g/mol. The van der Waals surface area contributed by atoms with E-state index in [1.54, 1.807) is 26.3 Å². The summed E-state index contributed by atoms with van der Waals surface area (Å²) < 4.78 is 16.1. The van der Waals surface area contributed by atoms with Crippen LogP contribution in [-0.2, 0) is 4.79 Å². The molecule has 0 radical (unpaired) electrons. The van der Waals surface area contributed by atoms with E-state index in [1.807, 2.05) is 42.5 Å². The molecule has 6 heteroatoms. The maximum atomic E-state index is 12.3. The number of methoxy groups -OCH3 is 3. The van der Waals surface area contributed by atoms with Gasteiger partial charge in [-0.05, 0) is 52.2 Å². The van der Waals surface area contributed by atoms with Crippen LogP contribution in [0.4, 0.5) is 0 Å². The molecule has 0 spiro atoms. The maximum absolute atomic E-state index is 12.3. The van der Waals surface area contributed by atoms with Gasteiger partial charge in [0.05, 0.1) is 33.1 Å². The highest BCUT2D eigenvalue weighted by Gasteiger charge is 2.32. The number of amides is 1. The van der Waals surface area contributed by atoms with Gasteiger partial charge in [-0.25, -0.2) is 5.01 Å². The van der Waals surface area contributed by atoms with Crippen molar-refractivity contribution in [1.82, 2.24) is 5.01 Å². The molecule has 0 aromatic heterocycles. The van der Waals surface area contributed by atoms with E-state index in [1.165, 1.54) is 6.92 Å².